The van der Waals surface area contributed by atoms with Crippen LogP contribution in [-0.4, -0.2) is 0 Å². The van der Waals surface area contributed by atoms with Crippen LogP contribution in [0.15, 0.2) is 164 Å². The smallest absolute Gasteiger partial charge is 0.0640 e. The van der Waals surface area contributed by atoms with Crippen molar-refractivity contribution in [3.8, 4) is 11.1 Å². The molecule has 0 N–H and O–H groups in total. The molecule has 9 aromatic rings. The number of benzene rings is 8. The average Bonchev–Trinajstić information content (AvgIpc) is 3.48. The van der Waals surface area contributed by atoms with Gasteiger partial charge in [-0.25, -0.2) is 0 Å². The Morgan fingerprint density at radius 3 is 1.89 bits per heavy atom. The Morgan fingerprint density at radius 2 is 1.05 bits per heavy atom. The Kier molecular flexibility index (Phi) is 5.75. The molecule has 9 rings (SSSR count). The number of fused-ring (bicyclic) bond motifs is 8. The summed E-state index contributed by atoms with van der Waals surface area (Å²) in [6, 6.07) is 59.7. The van der Waals surface area contributed by atoms with Gasteiger partial charge in [0.05, 0.1) is 16.1 Å². The van der Waals surface area contributed by atoms with E-state index in [1.807, 2.05) is 11.3 Å². The highest BCUT2D eigenvalue weighted by Crippen LogP contribution is 2.48. The lowest BCUT2D eigenvalue weighted by atomic mass is 9.94. The molecule has 0 bridgehead atoms. The zero-order chi connectivity index (χ0) is 29.0. The Balaban J connectivity index is 1.40. The number of anilines is 3. The van der Waals surface area contributed by atoms with Gasteiger partial charge >= 0.3 is 0 Å². The number of nitrogens with zero attached hydrogens (tertiary/aromatic N) is 1. The van der Waals surface area contributed by atoms with Gasteiger partial charge in [-0.2, -0.15) is 0 Å². The molecule has 1 heterocycles. The van der Waals surface area contributed by atoms with Crippen LogP contribution < -0.4 is 4.90 Å². The zero-order valence-electron chi connectivity index (χ0n) is 23.9. The Labute approximate surface area is 259 Å². The van der Waals surface area contributed by atoms with Crippen molar-refractivity contribution in [3.05, 3.63) is 164 Å². The second kappa shape index (κ2) is 10.1. The molecule has 8 aromatic carbocycles. The second-order valence-electron chi connectivity index (χ2n) is 11.3. The van der Waals surface area contributed by atoms with E-state index in [0.29, 0.717) is 0 Å². The van der Waals surface area contributed by atoms with Gasteiger partial charge in [-0.1, -0.05) is 133 Å². The lowest BCUT2D eigenvalue weighted by molar-refractivity contribution is 1.32. The van der Waals surface area contributed by atoms with Crippen LogP contribution in [0.2, 0.25) is 0 Å². The molecule has 44 heavy (non-hydrogen) atoms. The lowest BCUT2D eigenvalue weighted by Gasteiger charge is -2.29. The highest BCUT2D eigenvalue weighted by Gasteiger charge is 2.22. The van der Waals surface area contributed by atoms with Crippen LogP contribution in [0.25, 0.3) is 63.6 Å². The summed E-state index contributed by atoms with van der Waals surface area (Å²) in [5, 5.41) is 10.2. The summed E-state index contributed by atoms with van der Waals surface area (Å²) in [6.07, 6.45) is 0. The van der Waals surface area contributed by atoms with Crippen LogP contribution >= 0.6 is 11.3 Å². The quantitative estimate of drug-likeness (QED) is 0.188. The molecule has 0 atom stereocenters. The van der Waals surface area contributed by atoms with Crippen molar-refractivity contribution < 1.29 is 0 Å². The van der Waals surface area contributed by atoms with Gasteiger partial charge in [-0.3, -0.25) is 0 Å². The fourth-order valence-electron chi connectivity index (χ4n) is 6.79. The highest BCUT2D eigenvalue weighted by atomic mass is 32.1. The third-order valence-corrected chi connectivity index (χ3v) is 10.0. The molecule has 0 saturated heterocycles. The van der Waals surface area contributed by atoms with E-state index in [2.05, 4.69) is 169 Å². The molecule has 0 unspecified atom stereocenters. The Bertz CT molecular complexity index is 2490. The zero-order valence-corrected chi connectivity index (χ0v) is 24.8. The first kappa shape index (κ1) is 25.1. The summed E-state index contributed by atoms with van der Waals surface area (Å²) < 4.78 is 2.60. The van der Waals surface area contributed by atoms with Crippen LogP contribution in [0.4, 0.5) is 17.1 Å². The lowest BCUT2D eigenvalue weighted by Crippen LogP contribution is -2.11. The third-order valence-electron chi connectivity index (χ3n) is 8.83. The van der Waals surface area contributed by atoms with Crippen molar-refractivity contribution in [2.24, 2.45) is 0 Å². The van der Waals surface area contributed by atoms with Crippen LogP contribution in [0.1, 0.15) is 0 Å². The van der Waals surface area contributed by atoms with E-state index in [1.54, 1.807) is 0 Å². The molecule has 0 radical (unpaired) electrons. The number of hydrogen-bond acceptors (Lipinski definition) is 2. The van der Waals surface area contributed by atoms with E-state index in [-0.39, 0.29) is 0 Å². The van der Waals surface area contributed by atoms with Gasteiger partial charge in [0, 0.05) is 26.5 Å². The van der Waals surface area contributed by atoms with Crippen LogP contribution in [0, 0.1) is 0 Å². The van der Waals surface area contributed by atoms with E-state index in [0.717, 1.165) is 5.69 Å². The van der Waals surface area contributed by atoms with Crippen molar-refractivity contribution >= 4 is 80.9 Å². The fourth-order valence-corrected chi connectivity index (χ4v) is 7.99. The first-order valence-electron chi connectivity index (χ1n) is 15.0. The molecule has 0 amide bonds. The van der Waals surface area contributed by atoms with Gasteiger partial charge < -0.3 is 4.90 Å². The Morgan fingerprint density at radius 1 is 0.386 bits per heavy atom. The van der Waals surface area contributed by atoms with Crippen LogP contribution in [-0.2, 0) is 0 Å². The molecular weight excluding hydrogens is 551 g/mol. The molecule has 0 fully saturated rings. The van der Waals surface area contributed by atoms with Crippen molar-refractivity contribution in [2.75, 3.05) is 4.90 Å². The van der Waals surface area contributed by atoms with Gasteiger partial charge in [0.2, 0.25) is 0 Å². The van der Waals surface area contributed by atoms with Gasteiger partial charge in [-0.05, 0) is 68.4 Å². The number of rotatable bonds is 4. The molecule has 0 spiro atoms. The molecular formula is C42H27NS. The SMILES string of the molecule is c1ccc(-c2ccc(N(c3cccc4c3sc3ccccc34)c3cc4ccccc4c4ccc5ccccc5c34)cc2)cc1. The van der Waals surface area contributed by atoms with Crippen LogP contribution in [0.5, 0.6) is 0 Å². The van der Waals surface area contributed by atoms with Crippen molar-refractivity contribution in [1.82, 2.24) is 0 Å². The molecule has 1 nitrogen and oxygen atoms in total. The fraction of sp³-hybridized carbons (Fsp3) is 0. The molecule has 0 aliphatic rings. The minimum absolute atomic E-state index is 1.14. The first-order valence-corrected chi connectivity index (χ1v) is 15.8. The van der Waals surface area contributed by atoms with Crippen molar-refractivity contribution in [1.29, 1.82) is 0 Å². The molecule has 2 heteroatoms. The number of hydrogen-bond donors (Lipinski definition) is 0. The number of thiophene rings is 1. The monoisotopic (exact) mass is 577 g/mol. The topological polar surface area (TPSA) is 3.24 Å². The summed E-state index contributed by atoms with van der Waals surface area (Å²) in [5.41, 5.74) is 5.95. The normalized spacial score (nSPS) is 11.6. The third kappa shape index (κ3) is 3.92. The van der Waals surface area contributed by atoms with Gasteiger partial charge in [-0.15, -0.1) is 11.3 Å². The first-order chi connectivity index (χ1) is 21.8. The summed E-state index contributed by atoms with van der Waals surface area (Å²) in [5.74, 6) is 0. The molecule has 0 aliphatic heterocycles. The predicted octanol–water partition coefficient (Wildman–Crippen LogP) is 12.7. The largest absolute Gasteiger partial charge is 0.308 e. The summed E-state index contributed by atoms with van der Waals surface area (Å²) >= 11 is 1.88. The maximum atomic E-state index is 2.49. The van der Waals surface area contributed by atoms with E-state index >= 15 is 0 Å². The van der Waals surface area contributed by atoms with E-state index in [9.17, 15) is 0 Å². The second-order valence-corrected chi connectivity index (χ2v) is 12.4. The minimum atomic E-state index is 1.14. The Hall–Kier alpha value is -5.44. The van der Waals surface area contributed by atoms with E-state index < -0.39 is 0 Å². The highest BCUT2D eigenvalue weighted by molar-refractivity contribution is 7.26. The van der Waals surface area contributed by atoms with E-state index in [4.69, 9.17) is 0 Å². The maximum absolute atomic E-state index is 2.49. The molecule has 0 aliphatic carbocycles. The summed E-state index contributed by atoms with van der Waals surface area (Å²) in [7, 11) is 0. The van der Waals surface area contributed by atoms with Gasteiger partial charge in [0.15, 0.2) is 0 Å². The summed E-state index contributed by atoms with van der Waals surface area (Å²) in [6.45, 7) is 0. The minimum Gasteiger partial charge on any atom is -0.308 e. The molecule has 206 valence electrons. The van der Waals surface area contributed by atoms with Gasteiger partial charge in [0.25, 0.3) is 0 Å². The molecule has 0 saturated carbocycles. The standard InChI is InChI=1S/C42H27NS/c1-2-11-28(12-3-1)29-21-24-32(25-22-29)43(38-19-10-18-37-35-17-8-9-20-40(35)44-42(37)38)39-27-31-14-5-6-15-33(31)36-26-23-30-13-4-7-16-34(30)41(36)39/h1-27H. The predicted molar refractivity (Wildman–Crippen MR) is 192 cm³/mol. The van der Waals surface area contributed by atoms with E-state index in [1.165, 1.54) is 75.0 Å². The maximum Gasteiger partial charge on any atom is 0.0640 e. The van der Waals surface area contributed by atoms with Crippen molar-refractivity contribution in [3.63, 3.8) is 0 Å². The average molecular weight is 578 g/mol. The van der Waals surface area contributed by atoms with Crippen molar-refractivity contribution in [2.45, 2.75) is 0 Å². The van der Waals surface area contributed by atoms with Gasteiger partial charge in [0.1, 0.15) is 0 Å². The molecule has 1 aromatic heterocycles. The summed E-state index contributed by atoms with van der Waals surface area (Å²) in [4.78, 5) is 2.49. The van der Waals surface area contributed by atoms with Crippen LogP contribution in [0.3, 0.4) is 0 Å².